The summed E-state index contributed by atoms with van der Waals surface area (Å²) in [7, 11) is 1.37. The van der Waals surface area contributed by atoms with Gasteiger partial charge in [-0.1, -0.05) is 19.1 Å². The normalized spacial score (nSPS) is 12.2. The molecule has 1 N–H and O–H groups in total. The van der Waals surface area contributed by atoms with Crippen LogP contribution in [0.15, 0.2) is 24.3 Å². The van der Waals surface area contributed by atoms with Gasteiger partial charge in [0.05, 0.1) is 12.7 Å². The van der Waals surface area contributed by atoms with E-state index in [2.05, 4.69) is 4.74 Å². The number of carbonyl (C=O) groups is 1. The van der Waals surface area contributed by atoms with Crippen LogP contribution in [0.4, 0.5) is 0 Å². The highest BCUT2D eigenvalue weighted by Crippen LogP contribution is 2.19. The molecule has 1 unspecified atom stereocenters. The summed E-state index contributed by atoms with van der Waals surface area (Å²) in [5.41, 5.74) is 1.68. The summed E-state index contributed by atoms with van der Waals surface area (Å²) in [6, 6.07) is 7.28. The van der Waals surface area contributed by atoms with E-state index in [1.54, 1.807) is 12.1 Å². The molecule has 0 radical (unpaired) electrons. The maximum Gasteiger partial charge on any atom is 0.337 e. The highest BCUT2D eigenvalue weighted by molar-refractivity contribution is 5.89. The summed E-state index contributed by atoms with van der Waals surface area (Å²) in [6.45, 7) is 2.23. The fraction of sp³-hybridized carbons (Fsp3) is 0.417. The Morgan fingerprint density at radius 1 is 1.40 bits per heavy atom. The van der Waals surface area contributed by atoms with Gasteiger partial charge in [-0.25, -0.2) is 4.79 Å². The molecule has 15 heavy (non-hydrogen) atoms. The number of benzene rings is 1. The van der Waals surface area contributed by atoms with Gasteiger partial charge in [-0.3, -0.25) is 0 Å². The molecular formula is C12H16O3. The summed E-state index contributed by atoms with van der Waals surface area (Å²) in [6.07, 6.45) is 0.734. The van der Waals surface area contributed by atoms with Crippen LogP contribution in [0.2, 0.25) is 0 Å². The zero-order valence-corrected chi connectivity index (χ0v) is 9.06. The molecule has 0 spiro atoms. The second kappa shape index (κ2) is 5.51. The molecule has 1 rings (SSSR count). The van der Waals surface area contributed by atoms with E-state index in [1.165, 1.54) is 7.11 Å². The van der Waals surface area contributed by atoms with Crippen molar-refractivity contribution in [2.45, 2.75) is 19.3 Å². The molecular weight excluding hydrogens is 192 g/mol. The molecule has 0 fully saturated rings. The molecule has 0 bridgehead atoms. The van der Waals surface area contributed by atoms with Crippen LogP contribution in [0.5, 0.6) is 0 Å². The average molecular weight is 208 g/mol. The van der Waals surface area contributed by atoms with Gasteiger partial charge in [0.25, 0.3) is 0 Å². The number of carbonyl (C=O) groups excluding carboxylic acids is 1. The van der Waals surface area contributed by atoms with E-state index < -0.39 is 0 Å². The summed E-state index contributed by atoms with van der Waals surface area (Å²) < 4.78 is 4.61. The molecule has 82 valence electrons. The van der Waals surface area contributed by atoms with Gasteiger partial charge in [0, 0.05) is 6.61 Å². The van der Waals surface area contributed by atoms with Crippen LogP contribution in [0, 0.1) is 0 Å². The SMILES string of the molecule is COC(=O)c1ccc(C(C)CCO)cc1. The Balaban J connectivity index is 2.76. The lowest BCUT2D eigenvalue weighted by molar-refractivity contribution is 0.0600. The van der Waals surface area contributed by atoms with E-state index in [-0.39, 0.29) is 12.6 Å². The van der Waals surface area contributed by atoms with Crippen LogP contribution in [0.3, 0.4) is 0 Å². The molecule has 0 saturated carbocycles. The van der Waals surface area contributed by atoms with E-state index in [1.807, 2.05) is 19.1 Å². The third kappa shape index (κ3) is 3.06. The highest BCUT2D eigenvalue weighted by Gasteiger charge is 2.07. The minimum Gasteiger partial charge on any atom is -0.465 e. The summed E-state index contributed by atoms with van der Waals surface area (Å²) >= 11 is 0. The predicted octanol–water partition coefficient (Wildman–Crippen LogP) is 1.96. The molecule has 0 aromatic heterocycles. The van der Waals surface area contributed by atoms with E-state index in [4.69, 9.17) is 5.11 Å². The van der Waals surface area contributed by atoms with Gasteiger partial charge in [-0.05, 0) is 30.0 Å². The number of esters is 1. The van der Waals surface area contributed by atoms with Gasteiger partial charge in [-0.2, -0.15) is 0 Å². The maximum absolute atomic E-state index is 11.2. The monoisotopic (exact) mass is 208 g/mol. The van der Waals surface area contributed by atoms with Gasteiger partial charge in [0.2, 0.25) is 0 Å². The maximum atomic E-state index is 11.2. The van der Waals surface area contributed by atoms with Crippen molar-refractivity contribution < 1.29 is 14.6 Å². The summed E-state index contributed by atoms with van der Waals surface area (Å²) in [4.78, 5) is 11.2. The van der Waals surface area contributed by atoms with E-state index in [0.717, 1.165) is 12.0 Å². The van der Waals surface area contributed by atoms with Crippen LogP contribution < -0.4 is 0 Å². The second-order valence-corrected chi connectivity index (χ2v) is 3.53. The van der Waals surface area contributed by atoms with Crippen LogP contribution >= 0.6 is 0 Å². The zero-order chi connectivity index (χ0) is 11.3. The molecule has 1 aromatic rings. The first-order chi connectivity index (χ1) is 7.19. The van der Waals surface area contributed by atoms with Crippen LogP contribution in [0.25, 0.3) is 0 Å². The van der Waals surface area contributed by atoms with Crippen molar-refractivity contribution in [1.82, 2.24) is 0 Å². The first-order valence-electron chi connectivity index (χ1n) is 4.98. The van der Waals surface area contributed by atoms with Gasteiger partial charge in [-0.15, -0.1) is 0 Å². The van der Waals surface area contributed by atoms with Crippen LogP contribution in [-0.4, -0.2) is 24.8 Å². The molecule has 1 atom stereocenters. The quantitative estimate of drug-likeness (QED) is 0.769. The number of aliphatic hydroxyl groups is 1. The fourth-order valence-corrected chi connectivity index (χ4v) is 1.43. The lowest BCUT2D eigenvalue weighted by Gasteiger charge is -2.10. The smallest absolute Gasteiger partial charge is 0.337 e. The standard InChI is InChI=1S/C12H16O3/c1-9(7-8-13)10-3-5-11(6-4-10)12(14)15-2/h3-6,9,13H,7-8H2,1-2H3. The van der Waals surface area contributed by atoms with Crippen molar-refractivity contribution in [2.75, 3.05) is 13.7 Å². The Morgan fingerprint density at radius 2 is 2.00 bits per heavy atom. The van der Waals surface area contributed by atoms with Crippen molar-refractivity contribution >= 4 is 5.97 Å². The third-order valence-electron chi connectivity index (χ3n) is 2.46. The number of aliphatic hydroxyl groups excluding tert-OH is 1. The Labute approximate surface area is 89.7 Å². The van der Waals surface area contributed by atoms with E-state index in [9.17, 15) is 4.79 Å². The van der Waals surface area contributed by atoms with Gasteiger partial charge >= 0.3 is 5.97 Å². The number of hydrogen-bond acceptors (Lipinski definition) is 3. The topological polar surface area (TPSA) is 46.5 Å². The van der Waals surface area contributed by atoms with E-state index >= 15 is 0 Å². The predicted molar refractivity (Wildman–Crippen MR) is 57.9 cm³/mol. The molecule has 0 aliphatic carbocycles. The third-order valence-corrected chi connectivity index (χ3v) is 2.46. The Morgan fingerprint density at radius 3 is 2.47 bits per heavy atom. The number of rotatable bonds is 4. The molecule has 0 saturated heterocycles. The van der Waals surface area contributed by atoms with E-state index in [0.29, 0.717) is 11.5 Å². The molecule has 0 amide bonds. The molecule has 0 aliphatic rings. The fourth-order valence-electron chi connectivity index (χ4n) is 1.43. The zero-order valence-electron chi connectivity index (χ0n) is 9.06. The minimum absolute atomic E-state index is 0.180. The minimum atomic E-state index is -0.323. The van der Waals surface area contributed by atoms with Crippen molar-refractivity contribution in [3.63, 3.8) is 0 Å². The van der Waals surface area contributed by atoms with Crippen molar-refractivity contribution in [1.29, 1.82) is 0 Å². The molecule has 0 aliphatic heterocycles. The lowest BCUT2D eigenvalue weighted by atomic mass is 9.97. The first-order valence-corrected chi connectivity index (χ1v) is 4.98. The van der Waals surface area contributed by atoms with Gasteiger partial charge in [0.1, 0.15) is 0 Å². The number of hydrogen-bond donors (Lipinski definition) is 1. The molecule has 3 heteroatoms. The van der Waals surface area contributed by atoms with Crippen LogP contribution in [-0.2, 0) is 4.74 Å². The first kappa shape index (κ1) is 11.7. The molecule has 0 heterocycles. The largest absolute Gasteiger partial charge is 0.465 e. The Kier molecular flexibility index (Phi) is 4.31. The van der Waals surface area contributed by atoms with Crippen molar-refractivity contribution in [2.24, 2.45) is 0 Å². The lowest BCUT2D eigenvalue weighted by Crippen LogP contribution is -2.02. The summed E-state index contributed by atoms with van der Waals surface area (Å²) in [5.74, 6) is -0.0157. The second-order valence-electron chi connectivity index (χ2n) is 3.53. The molecule has 3 nitrogen and oxygen atoms in total. The van der Waals surface area contributed by atoms with Crippen LogP contribution in [0.1, 0.15) is 35.2 Å². The molecule has 1 aromatic carbocycles. The van der Waals surface area contributed by atoms with Gasteiger partial charge in [0.15, 0.2) is 0 Å². The van der Waals surface area contributed by atoms with Crippen molar-refractivity contribution in [3.05, 3.63) is 35.4 Å². The number of methoxy groups -OCH3 is 1. The Hall–Kier alpha value is -1.35. The van der Waals surface area contributed by atoms with Gasteiger partial charge < -0.3 is 9.84 Å². The highest BCUT2D eigenvalue weighted by atomic mass is 16.5. The number of ether oxygens (including phenoxy) is 1. The average Bonchev–Trinajstić information content (AvgIpc) is 2.28. The Bertz CT molecular complexity index is 316. The summed E-state index contributed by atoms with van der Waals surface area (Å²) in [5, 5.41) is 8.80. The van der Waals surface area contributed by atoms with Crippen molar-refractivity contribution in [3.8, 4) is 0 Å².